The van der Waals surface area contributed by atoms with Gasteiger partial charge in [-0.15, -0.1) is 0 Å². The Kier molecular flexibility index (Phi) is 12.8. The summed E-state index contributed by atoms with van der Waals surface area (Å²) in [7, 11) is 9.45. The Balaban J connectivity index is 1.28. The van der Waals surface area contributed by atoms with Gasteiger partial charge in [0.15, 0.2) is 0 Å². The predicted octanol–water partition coefficient (Wildman–Crippen LogP) is 4.39. The Bertz CT molecular complexity index is 1840. The van der Waals surface area contributed by atoms with Gasteiger partial charge in [-0.1, -0.05) is 45.0 Å². The molecule has 1 saturated heterocycles. The molecule has 2 aromatic carbocycles. The highest BCUT2D eigenvalue weighted by molar-refractivity contribution is 5.97. The Labute approximate surface area is 332 Å². The number of carbonyl (C=O) groups is 2. The van der Waals surface area contributed by atoms with Crippen molar-refractivity contribution in [3.63, 3.8) is 0 Å². The van der Waals surface area contributed by atoms with Crippen LogP contribution in [0.15, 0.2) is 60.8 Å². The van der Waals surface area contributed by atoms with Crippen LogP contribution in [-0.2, 0) is 22.6 Å². The monoisotopic (exact) mass is 770 g/mol. The van der Waals surface area contributed by atoms with Crippen molar-refractivity contribution >= 4 is 17.5 Å². The summed E-state index contributed by atoms with van der Waals surface area (Å²) in [5.41, 5.74) is 4.84. The number of aliphatic hydroxyl groups is 2. The zero-order valence-corrected chi connectivity index (χ0v) is 34.5. The number of aromatic nitrogens is 1. The molecule has 0 spiro atoms. The van der Waals surface area contributed by atoms with E-state index in [-0.39, 0.29) is 42.5 Å². The van der Waals surface area contributed by atoms with E-state index in [4.69, 9.17) is 9.57 Å². The van der Waals surface area contributed by atoms with Crippen molar-refractivity contribution in [1.82, 2.24) is 25.6 Å². The third-order valence-corrected chi connectivity index (χ3v) is 12.8. The standard InChI is InChI=1S/C44H62N6O6/c1-26-36-20-31(44(36,3)4)21-37(26)47-43(54)40-39(27(2)52)38(25-51)56-50(40)23-28-13-12-15-35(41(28)55-9)29-17-30(19-34(18-29)49(7)8)42(53)46-33(24-48(5)6)22-32-14-10-11-16-45-32/h10-19,26-27,31,33,36-40,51-52H,20-25H2,1-9H3,(H,46,53)(H,47,54)/t26-,27-,31+,33+,36-,37-,38-,39+,40-/m0/s1. The first-order valence-corrected chi connectivity index (χ1v) is 20.0. The maximum absolute atomic E-state index is 14.3. The Hall–Kier alpha value is -4.07. The second-order valence-corrected chi connectivity index (χ2v) is 17.4. The number of benzene rings is 2. The number of para-hydroxylation sites is 1. The van der Waals surface area contributed by atoms with Crippen molar-refractivity contribution in [2.75, 3.05) is 53.4 Å². The van der Waals surface area contributed by atoms with Gasteiger partial charge < -0.3 is 35.4 Å². The number of hydrogen-bond acceptors (Lipinski definition) is 10. The number of methoxy groups -OCH3 is 1. The molecule has 0 unspecified atom stereocenters. The molecule has 2 heterocycles. The van der Waals surface area contributed by atoms with Gasteiger partial charge >= 0.3 is 0 Å². The van der Waals surface area contributed by atoms with Crippen LogP contribution in [0.1, 0.15) is 62.2 Å². The topological polar surface area (TPSA) is 140 Å². The van der Waals surface area contributed by atoms with Crippen LogP contribution in [0.3, 0.4) is 0 Å². The summed E-state index contributed by atoms with van der Waals surface area (Å²) in [5.74, 6) is 0.972. The first-order chi connectivity index (χ1) is 26.6. The van der Waals surface area contributed by atoms with E-state index in [1.54, 1.807) is 25.3 Å². The van der Waals surface area contributed by atoms with Crippen LogP contribution >= 0.6 is 0 Å². The molecule has 4 N–H and O–H groups in total. The number of aliphatic hydroxyl groups excluding tert-OH is 2. The Morgan fingerprint density at radius 3 is 2.46 bits per heavy atom. The zero-order valence-electron chi connectivity index (χ0n) is 34.5. The Morgan fingerprint density at radius 1 is 1.09 bits per heavy atom. The molecule has 4 aliphatic rings. The quantitative estimate of drug-likeness (QED) is 0.176. The maximum Gasteiger partial charge on any atom is 0.251 e. The fourth-order valence-electron chi connectivity index (χ4n) is 9.63. The average Bonchev–Trinajstić information content (AvgIpc) is 3.53. The van der Waals surface area contributed by atoms with Crippen molar-refractivity contribution in [1.29, 1.82) is 0 Å². The summed E-state index contributed by atoms with van der Waals surface area (Å²) >= 11 is 0. The lowest BCUT2D eigenvalue weighted by Crippen LogP contribution is -2.62. The minimum absolute atomic E-state index is 0.0327. The lowest BCUT2D eigenvalue weighted by Gasteiger charge is -2.62. The number of pyridine rings is 1. The van der Waals surface area contributed by atoms with Crippen LogP contribution in [0.4, 0.5) is 5.69 Å². The molecule has 1 aromatic heterocycles. The normalized spacial score (nSPS) is 26.6. The van der Waals surface area contributed by atoms with Gasteiger partial charge in [0.05, 0.1) is 26.4 Å². The van der Waals surface area contributed by atoms with Gasteiger partial charge in [0.2, 0.25) is 5.91 Å². The highest BCUT2D eigenvalue weighted by Gasteiger charge is 2.57. The molecule has 9 atom stereocenters. The highest BCUT2D eigenvalue weighted by Crippen LogP contribution is 2.61. The van der Waals surface area contributed by atoms with E-state index < -0.39 is 24.2 Å². The van der Waals surface area contributed by atoms with E-state index in [2.05, 4.69) is 41.3 Å². The van der Waals surface area contributed by atoms with Crippen molar-refractivity contribution in [2.45, 2.75) is 83.8 Å². The molecule has 4 fully saturated rings. The largest absolute Gasteiger partial charge is 0.496 e. The summed E-state index contributed by atoms with van der Waals surface area (Å²) in [5, 5.41) is 29.6. The molecule has 304 valence electrons. The molecular formula is C44H62N6O6. The number of nitrogens with zero attached hydrogens (tertiary/aromatic N) is 4. The number of fused-ring (bicyclic) bond motifs is 2. The van der Waals surface area contributed by atoms with Gasteiger partial charge in [-0.2, -0.15) is 5.06 Å². The number of anilines is 1. The fraction of sp³-hybridized carbons (Fsp3) is 0.568. The highest BCUT2D eigenvalue weighted by atomic mass is 16.7. The van der Waals surface area contributed by atoms with Crippen LogP contribution in [0, 0.1) is 29.1 Å². The van der Waals surface area contributed by atoms with E-state index in [1.165, 1.54) is 6.42 Å². The SMILES string of the molecule is COc1c(CN2O[C@@H](CO)[C@@H]([C@H](C)O)[C@H]2C(=O)N[C@H]2C[C@H]3C[C@@H]([C@@H]2C)C3(C)C)cccc1-c1cc(C(=O)N[C@H](Cc2ccccn2)CN(C)C)cc(N(C)C)c1. The van der Waals surface area contributed by atoms with Crippen LogP contribution in [-0.4, -0.2) is 116 Å². The Morgan fingerprint density at radius 2 is 1.86 bits per heavy atom. The second kappa shape index (κ2) is 17.2. The number of likely N-dealkylation sites (N-methyl/N-ethyl adjacent to an activating group) is 1. The second-order valence-electron chi connectivity index (χ2n) is 17.4. The molecule has 3 saturated carbocycles. The van der Waals surface area contributed by atoms with E-state index in [0.29, 0.717) is 42.0 Å². The van der Waals surface area contributed by atoms with Gasteiger partial charge in [0, 0.05) is 79.3 Å². The number of hydroxylamine groups is 2. The molecule has 3 aromatic rings. The van der Waals surface area contributed by atoms with E-state index in [0.717, 1.165) is 34.5 Å². The minimum Gasteiger partial charge on any atom is -0.496 e. The number of ether oxygens (including phenoxy) is 1. The van der Waals surface area contributed by atoms with Crippen LogP contribution < -0.4 is 20.3 Å². The van der Waals surface area contributed by atoms with Gasteiger partial charge in [0.1, 0.15) is 17.9 Å². The van der Waals surface area contributed by atoms with Crippen LogP contribution in [0.5, 0.6) is 5.75 Å². The fourth-order valence-corrected chi connectivity index (χ4v) is 9.63. The third-order valence-electron chi connectivity index (χ3n) is 12.8. The number of nitrogens with one attached hydrogen (secondary N) is 2. The molecule has 12 heteroatoms. The summed E-state index contributed by atoms with van der Waals surface area (Å²) in [4.78, 5) is 43.1. The molecule has 56 heavy (non-hydrogen) atoms. The molecular weight excluding hydrogens is 709 g/mol. The predicted molar refractivity (Wildman–Crippen MR) is 218 cm³/mol. The summed E-state index contributed by atoms with van der Waals surface area (Å²) in [6.45, 7) is 9.01. The molecule has 7 rings (SSSR count). The molecule has 12 nitrogen and oxygen atoms in total. The van der Waals surface area contributed by atoms with Crippen molar-refractivity contribution in [2.24, 2.45) is 29.1 Å². The molecule has 3 aliphatic carbocycles. The lowest BCUT2D eigenvalue weighted by molar-refractivity contribution is -0.183. The van der Waals surface area contributed by atoms with Gasteiger partial charge in [0.25, 0.3) is 5.91 Å². The summed E-state index contributed by atoms with van der Waals surface area (Å²) in [6.07, 6.45) is 2.81. The molecule has 2 bridgehead atoms. The van der Waals surface area contributed by atoms with E-state index >= 15 is 0 Å². The first kappa shape index (κ1) is 41.6. The van der Waals surface area contributed by atoms with Crippen molar-refractivity contribution in [3.05, 3.63) is 77.6 Å². The number of amides is 2. The third kappa shape index (κ3) is 8.60. The van der Waals surface area contributed by atoms with E-state index in [9.17, 15) is 19.8 Å². The lowest BCUT2D eigenvalue weighted by atomic mass is 9.45. The molecule has 0 radical (unpaired) electrons. The van der Waals surface area contributed by atoms with Gasteiger partial charge in [-0.05, 0) is 92.9 Å². The van der Waals surface area contributed by atoms with E-state index in [1.807, 2.05) is 87.7 Å². The number of hydrogen-bond donors (Lipinski definition) is 4. The van der Waals surface area contributed by atoms with Crippen LogP contribution in [0.2, 0.25) is 0 Å². The zero-order chi connectivity index (χ0) is 40.5. The molecule has 2 amide bonds. The van der Waals surface area contributed by atoms with Crippen LogP contribution in [0.25, 0.3) is 11.1 Å². The first-order valence-electron chi connectivity index (χ1n) is 20.0. The molecule has 1 aliphatic heterocycles. The maximum atomic E-state index is 14.3. The average molecular weight is 771 g/mol. The number of carbonyl (C=O) groups excluding carboxylic acids is 2. The smallest absolute Gasteiger partial charge is 0.251 e. The van der Waals surface area contributed by atoms with Gasteiger partial charge in [-0.25, -0.2) is 0 Å². The van der Waals surface area contributed by atoms with Crippen molar-refractivity contribution in [3.8, 4) is 16.9 Å². The minimum atomic E-state index is -0.906. The van der Waals surface area contributed by atoms with Gasteiger partial charge in [-0.3, -0.25) is 19.4 Å². The van der Waals surface area contributed by atoms with Crippen molar-refractivity contribution < 1.29 is 29.4 Å². The summed E-state index contributed by atoms with van der Waals surface area (Å²) in [6, 6.07) is 16.4. The summed E-state index contributed by atoms with van der Waals surface area (Å²) < 4.78 is 6.10. The number of rotatable bonds is 15.